The molecule has 0 radical (unpaired) electrons. The van der Waals surface area contributed by atoms with Crippen molar-refractivity contribution in [3.8, 4) is 0 Å². The summed E-state index contributed by atoms with van der Waals surface area (Å²) in [5.41, 5.74) is 0. The molecule has 1 N–H and O–H groups in total. The van der Waals surface area contributed by atoms with Crippen LogP contribution in [0.1, 0.15) is 26.7 Å². The Kier molecular flexibility index (Phi) is 5.64. The van der Waals surface area contributed by atoms with Crippen molar-refractivity contribution in [3.05, 3.63) is 0 Å². The van der Waals surface area contributed by atoms with E-state index in [0.717, 1.165) is 19.4 Å². The van der Waals surface area contributed by atoms with Crippen molar-refractivity contribution in [2.45, 2.75) is 32.8 Å². The summed E-state index contributed by atoms with van der Waals surface area (Å²) in [6.45, 7) is 4.75. The Labute approximate surface area is 63.2 Å². The largest absolute Gasteiger partial charge is 0.393 e. The van der Waals surface area contributed by atoms with E-state index in [0.29, 0.717) is 5.92 Å². The average molecular weight is 146 g/mol. The Hall–Kier alpha value is -0.0800. The molecule has 0 aliphatic rings. The highest BCUT2D eigenvalue weighted by Crippen LogP contribution is 2.07. The Bertz CT molecular complexity index is 71.7. The van der Waals surface area contributed by atoms with Gasteiger partial charge in [0.2, 0.25) is 0 Å². The van der Waals surface area contributed by atoms with E-state index in [2.05, 4.69) is 6.92 Å². The number of hydrogen-bond acceptors (Lipinski definition) is 2. The van der Waals surface area contributed by atoms with Gasteiger partial charge < -0.3 is 9.84 Å². The van der Waals surface area contributed by atoms with Gasteiger partial charge in [-0.05, 0) is 25.7 Å². The van der Waals surface area contributed by atoms with E-state index in [4.69, 9.17) is 9.84 Å². The first kappa shape index (κ1) is 9.92. The second-order valence-corrected chi connectivity index (χ2v) is 2.99. The maximum atomic E-state index is 8.93. The number of ether oxygens (including phenoxy) is 1. The van der Waals surface area contributed by atoms with Crippen molar-refractivity contribution in [1.29, 1.82) is 0 Å². The van der Waals surface area contributed by atoms with Gasteiger partial charge in [0.05, 0.1) is 6.10 Å². The van der Waals surface area contributed by atoms with Crippen molar-refractivity contribution in [1.82, 2.24) is 0 Å². The molecule has 0 saturated carbocycles. The quantitative estimate of drug-likeness (QED) is 0.635. The van der Waals surface area contributed by atoms with E-state index in [9.17, 15) is 0 Å². The van der Waals surface area contributed by atoms with Crippen molar-refractivity contribution >= 4 is 0 Å². The molecular weight excluding hydrogens is 128 g/mol. The van der Waals surface area contributed by atoms with Gasteiger partial charge in [-0.1, -0.05) is 6.92 Å². The van der Waals surface area contributed by atoms with E-state index >= 15 is 0 Å². The van der Waals surface area contributed by atoms with Crippen LogP contribution < -0.4 is 0 Å². The second-order valence-electron chi connectivity index (χ2n) is 2.99. The summed E-state index contributed by atoms with van der Waals surface area (Å²) in [7, 11) is 1.71. The van der Waals surface area contributed by atoms with E-state index in [1.165, 1.54) is 0 Å². The molecule has 2 unspecified atom stereocenters. The molecule has 2 heteroatoms. The van der Waals surface area contributed by atoms with Gasteiger partial charge in [0, 0.05) is 13.7 Å². The van der Waals surface area contributed by atoms with Crippen LogP contribution in [-0.4, -0.2) is 24.9 Å². The molecular formula is C8H18O2. The van der Waals surface area contributed by atoms with Crippen LogP contribution >= 0.6 is 0 Å². The Balaban J connectivity index is 3.12. The highest BCUT2D eigenvalue weighted by Gasteiger charge is 2.02. The van der Waals surface area contributed by atoms with Gasteiger partial charge in [0.15, 0.2) is 0 Å². The maximum absolute atomic E-state index is 8.93. The molecule has 0 fully saturated rings. The minimum Gasteiger partial charge on any atom is -0.393 e. The summed E-state index contributed by atoms with van der Waals surface area (Å²) in [5.74, 6) is 0.569. The fourth-order valence-electron chi connectivity index (χ4n) is 0.894. The van der Waals surface area contributed by atoms with Gasteiger partial charge in [0.1, 0.15) is 0 Å². The predicted octanol–water partition coefficient (Wildman–Crippen LogP) is 1.43. The molecule has 0 aromatic heterocycles. The highest BCUT2D eigenvalue weighted by molar-refractivity contribution is 4.54. The second kappa shape index (κ2) is 5.69. The van der Waals surface area contributed by atoms with Crippen LogP contribution in [0.4, 0.5) is 0 Å². The first-order valence-corrected chi connectivity index (χ1v) is 3.83. The molecule has 0 aliphatic heterocycles. The van der Waals surface area contributed by atoms with E-state index in [-0.39, 0.29) is 6.10 Å². The molecule has 0 bridgehead atoms. The van der Waals surface area contributed by atoms with Crippen LogP contribution in [0.15, 0.2) is 0 Å². The molecule has 0 rings (SSSR count). The third-order valence-corrected chi connectivity index (χ3v) is 1.53. The normalized spacial score (nSPS) is 16.8. The summed E-state index contributed by atoms with van der Waals surface area (Å²) < 4.78 is 4.95. The minimum atomic E-state index is -0.167. The lowest BCUT2D eigenvalue weighted by Gasteiger charge is -2.10. The van der Waals surface area contributed by atoms with Gasteiger partial charge in [-0.2, -0.15) is 0 Å². The highest BCUT2D eigenvalue weighted by atomic mass is 16.5. The summed E-state index contributed by atoms with van der Waals surface area (Å²) >= 11 is 0. The molecule has 62 valence electrons. The Morgan fingerprint density at radius 3 is 2.30 bits per heavy atom. The van der Waals surface area contributed by atoms with E-state index in [1.807, 2.05) is 6.92 Å². The molecule has 2 nitrogen and oxygen atoms in total. The van der Waals surface area contributed by atoms with Gasteiger partial charge in [0.25, 0.3) is 0 Å². The average Bonchev–Trinajstić information content (AvgIpc) is 1.85. The number of methoxy groups -OCH3 is 1. The number of hydrogen-bond donors (Lipinski definition) is 1. The summed E-state index contributed by atoms with van der Waals surface area (Å²) in [5, 5.41) is 8.93. The predicted molar refractivity (Wildman–Crippen MR) is 42.0 cm³/mol. The van der Waals surface area contributed by atoms with Crippen molar-refractivity contribution in [2.75, 3.05) is 13.7 Å². The molecule has 0 saturated heterocycles. The third-order valence-electron chi connectivity index (χ3n) is 1.53. The molecule has 0 spiro atoms. The zero-order valence-corrected chi connectivity index (χ0v) is 7.13. The summed E-state index contributed by atoms with van der Waals surface area (Å²) in [6, 6.07) is 0. The zero-order chi connectivity index (χ0) is 7.98. The molecule has 0 aliphatic carbocycles. The van der Waals surface area contributed by atoms with Crippen LogP contribution in [0.2, 0.25) is 0 Å². The lowest BCUT2D eigenvalue weighted by molar-refractivity contribution is 0.133. The topological polar surface area (TPSA) is 29.5 Å². The molecule has 0 aromatic carbocycles. The number of aliphatic hydroxyl groups excluding tert-OH is 1. The number of rotatable bonds is 5. The van der Waals surface area contributed by atoms with Gasteiger partial charge in [-0.15, -0.1) is 0 Å². The van der Waals surface area contributed by atoms with Crippen LogP contribution in [-0.2, 0) is 4.74 Å². The Morgan fingerprint density at radius 2 is 1.90 bits per heavy atom. The molecule has 0 heterocycles. The lowest BCUT2D eigenvalue weighted by Crippen LogP contribution is -2.07. The number of aliphatic hydroxyl groups is 1. The maximum Gasteiger partial charge on any atom is 0.0512 e. The fraction of sp³-hybridized carbons (Fsp3) is 1.00. The fourth-order valence-corrected chi connectivity index (χ4v) is 0.894. The smallest absolute Gasteiger partial charge is 0.0512 e. The van der Waals surface area contributed by atoms with Crippen molar-refractivity contribution in [2.24, 2.45) is 5.92 Å². The van der Waals surface area contributed by atoms with Crippen LogP contribution in [0.25, 0.3) is 0 Å². The van der Waals surface area contributed by atoms with E-state index in [1.54, 1.807) is 7.11 Å². The van der Waals surface area contributed by atoms with Gasteiger partial charge in [-0.3, -0.25) is 0 Å². The molecule has 0 amide bonds. The van der Waals surface area contributed by atoms with Crippen molar-refractivity contribution in [3.63, 3.8) is 0 Å². The van der Waals surface area contributed by atoms with Gasteiger partial charge >= 0.3 is 0 Å². The summed E-state index contributed by atoms with van der Waals surface area (Å²) in [4.78, 5) is 0. The SMILES string of the molecule is COCC(C)CCC(C)O. The molecule has 10 heavy (non-hydrogen) atoms. The van der Waals surface area contributed by atoms with Crippen LogP contribution in [0, 0.1) is 5.92 Å². The van der Waals surface area contributed by atoms with Crippen molar-refractivity contribution < 1.29 is 9.84 Å². The molecule has 2 atom stereocenters. The minimum absolute atomic E-state index is 0.167. The molecule has 0 aromatic rings. The lowest BCUT2D eigenvalue weighted by atomic mass is 10.0. The van der Waals surface area contributed by atoms with Gasteiger partial charge in [-0.25, -0.2) is 0 Å². The summed E-state index contributed by atoms with van der Waals surface area (Å²) in [6.07, 6.45) is 1.76. The standard InChI is InChI=1S/C8H18O2/c1-7(6-10-3)4-5-8(2)9/h7-9H,4-6H2,1-3H3. The first-order chi connectivity index (χ1) is 4.66. The monoisotopic (exact) mass is 146 g/mol. The first-order valence-electron chi connectivity index (χ1n) is 3.83. The zero-order valence-electron chi connectivity index (χ0n) is 7.13. The van der Waals surface area contributed by atoms with Crippen LogP contribution in [0.5, 0.6) is 0 Å². The third kappa shape index (κ3) is 6.05. The Morgan fingerprint density at radius 1 is 1.30 bits per heavy atom. The van der Waals surface area contributed by atoms with Crippen LogP contribution in [0.3, 0.4) is 0 Å². The van der Waals surface area contributed by atoms with E-state index < -0.39 is 0 Å².